The SMILES string of the molecule is CCN(CC)CCn1cnc2c([nH]c3ccc(OC)cc32)c1=O. The molecule has 0 bridgehead atoms. The molecule has 0 unspecified atom stereocenters. The highest BCUT2D eigenvalue weighted by molar-refractivity contribution is 6.04. The smallest absolute Gasteiger partial charge is 0.277 e. The van der Waals surface area contributed by atoms with Crippen LogP contribution < -0.4 is 10.3 Å². The molecule has 6 nitrogen and oxygen atoms in total. The van der Waals surface area contributed by atoms with Crippen molar-refractivity contribution in [2.75, 3.05) is 26.7 Å². The molecule has 0 radical (unpaired) electrons. The Morgan fingerprint density at radius 1 is 1.30 bits per heavy atom. The number of likely N-dealkylation sites (N-methyl/N-ethyl adjacent to an activating group) is 1. The van der Waals surface area contributed by atoms with Crippen LogP contribution in [-0.4, -0.2) is 46.2 Å². The summed E-state index contributed by atoms with van der Waals surface area (Å²) >= 11 is 0. The van der Waals surface area contributed by atoms with E-state index in [0.717, 1.165) is 36.3 Å². The summed E-state index contributed by atoms with van der Waals surface area (Å²) < 4.78 is 6.93. The molecule has 23 heavy (non-hydrogen) atoms. The second-order valence-electron chi connectivity index (χ2n) is 5.53. The fraction of sp³-hybridized carbons (Fsp3) is 0.412. The van der Waals surface area contributed by atoms with Gasteiger partial charge in [-0.3, -0.25) is 9.36 Å². The molecule has 3 aromatic rings. The maximum Gasteiger partial charge on any atom is 0.277 e. The number of rotatable bonds is 6. The lowest BCUT2D eigenvalue weighted by molar-refractivity contribution is 0.289. The number of fused-ring (bicyclic) bond motifs is 3. The van der Waals surface area contributed by atoms with Gasteiger partial charge in [0.15, 0.2) is 0 Å². The Hall–Kier alpha value is -2.34. The van der Waals surface area contributed by atoms with Crippen molar-refractivity contribution in [1.82, 2.24) is 19.4 Å². The van der Waals surface area contributed by atoms with Crippen molar-refractivity contribution in [2.24, 2.45) is 0 Å². The first-order chi connectivity index (χ1) is 11.2. The first-order valence-electron chi connectivity index (χ1n) is 7.95. The number of hydrogen-bond donors (Lipinski definition) is 1. The lowest BCUT2D eigenvalue weighted by atomic mass is 10.2. The molecule has 1 aromatic carbocycles. The Kier molecular flexibility index (Phi) is 4.34. The Morgan fingerprint density at radius 2 is 2.09 bits per heavy atom. The lowest BCUT2D eigenvalue weighted by Gasteiger charge is -2.18. The highest BCUT2D eigenvalue weighted by Gasteiger charge is 2.12. The van der Waals surface area contributed by atoms with Crippen LogP contribution >= 0.6 is 0 Å². The van der Waals surface area contributed by atoms with E-state index < -0.39 is 0 Å². The Morgan fingerprint density at radius 3 is 2.78 bits per heavy atom. The van der Waals surface area contributed by atoms with Gasteiger partial charge in [-0.25, -0.2) is 4.98 Å². The average molecular weight is 314 g/mol. The Bertz CT molecular complexity index is 877. The van der Waals surface area contributed by atoms with Crippen LogP contribution in [0, 0.1) is 0 Å². The molecule has 0 spiro atoms. The minimum Gasteiger partial charge on any atom is -0.497 e. The largest absolute Gasteiger partial charge is 0.497 e. The standard InChI is InChI=1S/C17H22N4O2/c1-4-20(5-2)8-9-21-11-18-15-13-10-12(23-3)6-7-14(13)19-16(15)17(21)22/h6-7,10-11,19H,4-5,8-9H2,1-3H3. The van der Waals surface area contributed by atoms with E-state index in [0.29, 0.717) is 17.6 Å². The summed E-state index contributed by atoms with van der Waals surface area (Å²) in [5.41, 5.74) is 2.11. The molecule has 0 saturated heterocycles. The number of nitrogens with zero attached hydrogens (tertiary/aromatic N) is 3. The van der Waals surface area contributed by atoms with E-state index in [9.17, 15) is 4.79 Å². The van der Waals surface area contributed by atoms with Gasteiger partial charge >= 0.3 is 0 Å². The fourth-order valence-corrected chi connectivity index (χ4v) is 2.84. The minimum atomic E-state index is -0.0303. The van der Waals surface area contributed by atoms with Crippen LogP contribution in [0.4, 0.5) is 0 Å². The van der Waals surface area contributed by atoms with Gasteiger partial charge in [0, 0.05) is 24.0 Å². The third-order valence-corrected chi connectivity index (χ3v) is 4.33. The summed E-state index contributed by atoms with van der Waals surface area (Å²) in [7, 11) is 1.63. The second kappa shape index (κ2) is 6.42. The van der Waals surface area contributed by atoms with Gasteiger partial charge in [0.05, 0.1) is 13.4 Å². The molecule has 0 fully saturated rings. The third kappa shape index (κ3) is 2.82. The number of ether oxygens (including phenoxy) is 1. The van der Waals surface area contributed by atoms with Crippen LogP contribution in [-0.2, 0) is 6.54 Å². The first kappa shape index (κ1) is 15.6. The molecule has 0 aliphatic heterocycles. The maximum atomic E-state index is 12.7. The van der Waals surface area contributed by atoms with Gasteiger partial charge in [0.25, 0.3) is 5.56 Å². The molecule has 0 atom stereocenters. The van der Waals surface area contributed by atoms with E-state index in [1.807, 2.05) is 18.2 Å². The number of H-pyrrole nitrogens is 1. The normalized spacial score (nSPS) is 11.7. The fourth-order valence-electron chi connectivity index (χ4n) is 2.84. The number of benzene rings is 1. The van der Waals surface area contributed by atoms with Gasteiger partial charge in [-0.2, -0.15) is 0 Å². The van der Waals surface area contributed by atoms with E-state index >= 15 is 0 Å². The predicted octanol–water partition coefficient (Wildman–Crippen LogP) is 2.23. The molecule has 3 rings (SSSR count). The zero-order valence-electron chi connectivity index (χ0n) is 13.8. The Balaban J connectivity index is 2.02. The summed E-state index contributed by atoms with van der Waals surface area (Å²) in [5.74, 6) is 0.755. The molecule has 122 valence electrons. The highest BCUT2D eigenvalue weighted by atomic mass is 16.5. The quantitative estimate of drug-likeness (QED) is 0.758. The number of methoxy groups -OCH3 is 1. The number of hydrogen-bond acceptors (Lipinski definition) is 4. The predicted molar refractivity (Wildman–Crippen MR) is 92.2 cm³/mol. The third-order valence-electron chi connectivity index (χ3n) is 4.33. The molecule has 6 heteroatoms. The maximum absolute atomic E-state index is 12.7. The minimum absolute atomic E-state index is 0.0303. The van der Waals surface area contributed by atoms with Gasteiger partial charge in [-0.1, -0.05) is 13.8 Å². The summed E-state index contributed by atoms with van der Waals surface area (Å²) in [6.45, 7) is 7.69. The molecule has 0 amide bonds. The summed E-state index contributed by atoms with van der Waals surface area (Å²) in [6, 6.07) is 5.69. The van der Waals surface area contributed by atoms with E-state index in [-0.39, 0.29) is 5.56 Å². The molecule has 0 aliphatic carbocycles. The van der Waals surface area contributed by atoms with Gasteiger partial charge in [0.1, 0.15) is 16.8 Å². The zero-order valence-corrected chi connectivity index (χ0v) is 13.8. The topological polar surface area (TPSA) is 63.1 Å². The lowest BCUT2D eigenvalue weighted by Crippen LogP contribution is -2.31. The van der Waals surface area contributed by atoms with Crippen molar-refractivity contribution in [1.29, 1.82) is 0 Å². The first-order valence-corrected chi connectivity index (χ1v) is 7.95. The number of nitrogens with one attached hydrogen (secondary N) is 1. The zero-order chi connectivity index (χ0) is 16.4. The summed E-state index contributed by atoms with van der Waals surface area (Å²) in [4.78, 5) is 22.6. The van der Waals surface area contributed by atoms with Crippen molar-refractivity contribution < 1.29 is 4.74 Å². The summed E-state index contributed by atoms with van der Waals surface area (Å²) in [6.07, 6.45) is 1.64. The molecular formula is C17H22N4O2. The molecule has 2 aromatic heterocycles. The number of aromatic amines is 1. The van der Waals surface area contributed by atoms with Crippen molar-refractivity contribution in [3.8, 4) is 5.75 Å². The van der Waals surface area contributed by atoms with E-state index in [1.165, 1.54) is 0 Å². The van der Waals surface area contributed by atoms with E-state index in [4.69, 9.17) is 4.74 Å². The van der Waals surface area contributed by atoms with Gasteiger partial charge in [0.2, 0.25) is 0 Å². The van der Waals surface area contributed by atoms with E-state index in [2.05, 4.69) is 28.7 Å². The molecule has 0 saturated carbocycles. The van der Waals surface area contributed by atoms with Crippen molar-refractivity contribution in [3.63, 3.8) is 0 Å². The van der Waals surface area contributed by atoms with Gasteiger partial charge in [-0.05, 0) is 31.3 Å². The van der Waals surface area contributed by atoms with Crippen LogP contribution in [0.3, 0.4) is 0 Å². The van der Waals surface area contributed by atoms with Crippen molar-refractivity contribution in [3.05, 3.63) is 34.9 Å². The van der Waals surface area contributed by atoms with Gasteiger partial charge in [-0.15, -0.1) is 0 Å². The van der Waals surface area contributed by atoms with Crippen LogP contribution in [0.15, 0.2) is 29.3 Å². The van der Waals surface area contributed by atoms with Crippen LogP contribution in [0.1, 0.15) is 13.8 Å². The molecule has 2 heterocycles. The molecule has 0 aliphatic rings. The number of aromatic nitrogens is 3. The van der Waals surface area contributed by atoms with E-state index in [1.54, 1.807) is 18.0 Å². The van der Waals surface area contributed by atoms with Crippen molar-refractivity contribution in [2.45, 2.75) is 20.4 Å². The van der Waals surface area contributed by atoms with Crippen molar-refractivity contribution >= 4 is 21.9 Å². The summed E-state index contributed by atoms with van der Waals surface area (Å²) in [5, 5.41) is 0.910. The van der Waals surface area contributed by atoms with Crippen LogP contribution in [0.2, 0.25) is 0 Å². The van der Waals surface area contributed by atoms with Crippen LogP contribution in [0.5, 0.6) is 5.75 Å². The van der Waals surface area contributed by atoms with Gasteiger partial charge < -0.3 is 14.6 Å². The van der Waals surface area contributed by atoms with Crippen LogP contribution in [0.25, 0.3) is 21.9 Å². The Labute approximate surface area is 134 Å². The molecular weight excluding hydrogens is 292 g/mol. The monoisotopic (exact) mass is 314 g/mol. The second-order valence-corrected chi connectivity index (χ2v) is 5.53. The highest BCUT2D eigenvalue weighted by Crippen LogP contribution is 2.25. The average Bonchev–Trinajstić information content (AvgIpc) is 2.96. The molecule has 1 N–H and O–H groups in total.